The molecule has 0 saturated heterocycles. The fourth-order valence-electron chi connectivity index (χ4n) is 2.09. The molecular weight excluding hydrogens is 293 g/mol. The van der Waals surface area contributed by atoms with Crippen LogP contribution in [0.5, 0.6) is 0 Å². The van der Waals surface area contributed by atoms with Gasteiger partial charge in [-0.3, -0.25) is 4.98 Å². The van der Waals surface area contributed by atoms with Crippen molar-refractivity contribution in [3.8, 4) is 0 Å². The van der Waals surface area contributed by atoms with Crippen LogP contribution in [0.3, 0.4) is 0 Å². The largest absolute Gasteiger partial charge is 0.324 e. The number of benzene rings is 1. The van der Waals surface area contributed by atoms with Crippen LogP contribution in [-0.4, -0.2) is 29.0 Å². The summed E-state index contributed by atoms with van der Waals surface area (Å²) in [7, 11) is 0. The molecule has 0 unspecified atom stereocenters. The monoisotopic (exact) mass is 313 g/mol. The van der Waals surface area contributed by atoms with Crippen molar-refractivity contribution in [1.82, 2.24) is 15.2 Å². The molecule has 1 N–H and O–H groups in total. The third kappa shape index (κ3) is 5.54. The van der Waals surface area contributed by atoms with E-state index in [1.165, 1.54) is 12.1 Å². The van der Waals surface area contributed by atoms with Gasteiger partial charge in [-0.05, 0) is 54.8 Å². The molecule has 0 fully saturated rings. The molecule has 0 aliphatic carbocycles. The zero-order valence-electron chi connectivity index (χ0n) is 13.1. The lowest BCUT2D eigenvalue weighted by Crippen LogP contribution is -2.38. The predicted molar refractivity (Wildman–Crippen MR) is 89.2 cm³/mol. The average Bonchev–Trinajstić information content (AvgIpc) is 2.58. The van der Waals surface area contributed by atoms with Crippen molar-refractivity contribution < 1.29 is 9.18 Å². The van der Waals surface area contributed by atoms with Crippen molar-refractivity contribution in [2.24, 2.45) is 0 Å². The van der Waals surface area contributed by atoms with Crippen LogP contribution >= 0.6 is 0 Å². The van der Waals surface area contributed by atoms with Crippen LogP contribution in [0.15, 0.2) is 55.0 Å². The van der Waals surface area contributed by atoms with Gasteiger partial charge in [0, 0.05) is 31.7 Å². The van der Waals surface area contributed by atoms with Crippen LogP contribution < -0.4 is 5.32 Å². The summed E-state index contributed by atoms with van der Waals surface area (Å²) in [5.41, 5.74) is 1.97. The second kappa shape index (κ2) is 8.68. The molecule has 0 aliphatic heterocycles. The number of aromatic nitrogens is 1. The zero-order chi connectivity index (χ0) is 16.5. The maximum Gasteiger partial charge on any atom is 0.321 e. The van der Waals surface area contributed by atoms with Gasteiger partial charge >= 0.3 is 6.03 Å². The molecule has 0 saturated carbocycles. The Bertz CT molecular complexity index is 641. The van der Waals surface area contributed by atoms with E-state index in [-0.39, 0.29) is 11.8 Å². The Balaban J connectivity index is 1.83. The first kappa shape index (κ1) is 16.7. The minimum absolute atomic E-state index is 0.153. The normalized spacial score (nSPS) is 10.7. The molecular formula is C18H20FN3O. The van der Waals surface area contributed by atoms with Crippen LogP contribution in [0.2, 0.25) is 0 Å². The van der Waals surface area contributed by atoms with Crippen LogP contribution in [0.25, 0.3) is 6.08 Å². The van der Waals surface area contributed by atoms with E-state index in [9.17, 15) is 9.18 Å². The SMILES string of the molecule is CCN(CCc1ccncc1)C(=O)N/C=C/c1ccc(F)cc1. The molecule has 0 radical (unpaired) electrons. The zero-order valence-corrected chi connectivity index (χ0v) is 13.1. The van der Waals surface area contributed by atoms with Crippen molar-refractivity contribution in [1.29, 1.82) is 0 Å². The first-order chi connectivity index (χ1) is 11.2. The Kier molecular flexibility index (Phi) is 6.29. The van der Waals surface area contributed by atoms with Crippen LogP contribution in [0.4, 0.5) is 9.18 Å². The quantitative estimate of drug-likeness (QED) is 0.887. The van der Waals surface area contributed by atoms with Crippen LogP contribution in [0, 0.1) is 5.82 Å². The molecule has 2 aromatic rings. The summed E-state index contributed by atoms with van der Waals surface area (Å²) in [6.45, 7) is 3.20. The summed E-state index contributed by atoms with van der Waals surface area (Å²) in [6, 6.07) is 9.81. The van der Waals surface area contributed by atoms with Crippen molar-refractivity contribution >= 4 is 12.1 Å². The smallest absolute Gasteiger partial charge is 0.321 e. The van der Waals surface area contributed by atoms with Crippen molar-refractivity contribution in [3.05, 3.63) is 71.9 Å². The third-order valence-corrected chi connectivity index (χ3v) is 3.44. The van der Waals surface area contributed by atoms with E-state index in [1.807, 2.05) is 19.1 Å². The minimum atomic E-state index is -0.278. The van der Waals surface area contributed by atoms with E-state index < -0.39 is 0 Å². The summed E-state index contributed by atoms with van der Waals surface area (Å²) in [6.07, 6.45) is 7.58. The number of hydrogen-bond acceptors (Lipinski definition) is 2. The third-order valence-electron chi connectivity index (χ3n) is 3.44. The van der Waals surface area contributed by atoms with Crippen LogP contribution in [-0.2, 0) is 6.42 Å². The summed E-state index contributed by atoms with van der Waals surface area (Å²) < 4.78 is 12.8. The maximum atomic E-state index is 12.8. The van der Waals surface area contributed by atoms with Crippen molar-refractivity contribution in [2.75, 3.05) is 13.1 Å². The van der Waals surface area contributed by atoms with E-state index in [0.29, 0.717) is 13.1 Å². The highest BCUT2D eigenvalue weighted by Crippen LogP contribution is 2.04. The molecule has 4 nitrogen and oxygen atoms in total. The van der Waals surface area contributed by atoms with Gasteiger partial charge in [-0.15, -0.1) is 0 Å². The highest BCUT2D eigenvalue weighted by Gasteiger charge is 2.09. The number of nitrogens with zero attached hydrogens (tertiary/aromatic N) is 2. The van der Waals surface area contributed by atoms with Gasteiger partial charge in [0.1, 0.15) is 5.82 Å². The fourth-order valence-corrected chi connectivity index (χ4v) is 2.09. The average molecular weight is 313 g/mol. The summed E-state index contributed by atoms with van der Waals surface area (Å²) in [5.74, 6) is -0.278. The maximum absolute atomic E-state index is 12.8. The predicted octanol–water partition coefficient (Wildman–Crippen LogP) is 3.47. The van der Waals surface area contributed by atoms with E-state index in [0.717, 1.165) is 17.5 Å². The Morgan fingerprint density at radius 3 is 2.57 bits per heavy atom. The first-order valence-electron chi connectivity index (χ1n) is 7.55. The van der Waals surface area contributed by atoms with Gasteiger partial charge in [-0.1, -0.05) is 12.1 Å². The van der Waals surface area contributed by atoms with E-state index in [2.05, 4.69) is 10.3 Å². The standard InChI is InChI=1S/C18H20FN3O/c1-2-22(14-10-16-7-11-20-12-8-16)18(23)21-13-9-15-3-5-17(19)6-4-15/h3-9,11-13H,2,10,14H2,1H3,(H,21,23)/b13-9+. The van der Waals surface area contributed by atoms with E-state index in [1.54, 1.807) is 41.7 Å². The van der Waals surface area contributed by atoms with Gasteiger partial charge in [0.2, 0.25) is 0 Å². The molecule has 1 aromatic carbocycles. The second-order valence-corrected chi connectivity index (χ2v) is 5.02. The number of hydrogen-bond donors (Lipinski definition) is 1. The van der Waals surface area contributed by atoms with Gasteiger partial charge in [0.05, 0.1) is 0 Å². The highest BCUT2D eigenvalue weighted by molar-refractivity contribution is 5.76. The van der Waals surface area contributed by atoms with Gasteiger partial charge in [0.25, 0.3) is 0 Å². The second-order valence-electron chi connectivity index (χ2n) is 5.02. The number of amides is 2. The molecule has 23 heavy (non-hydrogen) atoms. The Morgan fingerprint density at radius 2 is 1.91 bits per heavy atom. The Morgan fingerprint density at radius 1 is 1.22 bits per heavy atom. The molecule has 2 rings (SSSR count). The summed E-state index contributed by atoms with van der Waals surface area (Å²) in [4.78, 5) is 17.8. The molecule has 0 atom stereocenters. The lowest BCUT2D eigenvalue weighted by Gasteiger charge is -2.20. The molecule has 2 amide bonds. The van der Waals surface area contributed by atoms with E-state index in [4.69, 9.17) is 0 Å². The number of carbonyl (C=O) groups excluding carboxylic acids is 1. The number of likely N-dealkylation sites (N-methyl/N-ethyl adjacent to an activating group) is 1. The number of nitrogens with one attached hydrogen (secondary N) is 1. The van der Waals surface area contributed by atoms with Gasteiger partial charge in [0.15, 0.2) is 0 Å². The minimum Gasteiger partial charge on any atom is -0.324 e. The number of rotatable bonds is 6. The number of urea groups is 1. The molecule has 0 bridgehead atoms. The van der Waals surface area contributed by atoms with Gasteiger partial charge < -0.3 is 10.2 Å². The van der Waals surface area contributed by atoms with Gasteiger partial charge in [-0.2, -0.15) is 0 Å². The van der Waals surface area contributed by atoms with Crippen molar-refractivity contribution in [2.45, 2.75) is 13.3 Å². The fraction of sp³-hybridized carbons (Fsp3) is 0.222. The summed E-state index contributed by atoms with van der Waals surface area (Å²) in [5, 5.41) is 2.73. The number of pyridine rings is 1. The molecule has 0 aliphatic rings. The Hall–Kier alpha value is -2.69. The topological polar surface area (TPSA) is 45.2 Å². The number of halogens is 1. The van der Waals surface area contributed by atoms with Crippen molar-refractivity contribution in [3.63, 3.8) is 0 Å². The summed E-state index contributed by atoms with van der Waals surface area (Å²) >= 11 is 0. The molecule has 1 aromatic heterocycles. The van der Waals surface area contributed by atoms with Crippen LogP contribution in [0.1, 0.15) is 18.1 Å². The lowest BCUT2D eigenvalue weighted by atomic mass is 10.2. The lowest BCUT2D eigenvalue weighted by molar-refractivity contribution is 0.205. The molecule has 1 heterocycles. The number of carbonyl (C=O) groups is 1. The highest BCUT2D eigenvalue weighted by atomic mass is 19.1. The first-order valence-corrected chi connectivity index (χ1v) is 7.55. The van der Waals surface area contributed by atoms with E-state index >= 15 is 0 Å². The van der Waals surface area contributed by atoms with Gasteiger partial charge in [-0.25, -0.2) is 9.18 Å². The Labute approximate surface area is 135 Å². The molecule has 0 spiro atoms. The molecule has 5 heteroatoms. The molecule has 120 valence electrons.